The molecule has 0 aromatic heterocycles. The predicted molar refractivity (Wildman–Crippen MR) is 109 cm³/mol. The quantitative estimate of drug-likeness (QED) is 0.346. The van der Waals surface area contributed by atoms with Crippen molar-refractivity contribution in [3.05, 3.63) is 59.7 Å². The van der Waals surface area contributed by atoms with Gasteiger partial charge in [-0.2, -0.15) is 5.10 Å². The molecule has 0 heterocycles. The number of rotatable bonds is 9. The molecule has 0 saturated heterocycles. The van der Waals surface area contributed by atoms with Crippen LogP contribution in [0.4, 0.5) is 0 Å². The Balaban J connectivity index is 1.92. The molecule has 2 aromatic rings. The van der Waals surface area contributed by atoms with Crippen LogP contribution in [0.5, 0.6) is 11.5 Å². The largest absolute Gasteiger partial charge is 0.490 e. The van der Waals surface area contributed by atoms with Gasteiger partial charge >= 0.3 is 0 Å². The highest BCUT2D eigenvalue weighted by Crippen LogP contribution is 2.28. The Hall–Kier alpha value is -3.13. The van der Waals surface area contributed by atoms with E-state index in [0.717, 1.165) is 11.1 Å². The maximum Gasteiger partial charge on any atom is 0.258 e. The van der Waals surface area contributed by atoms with Gasteiger partial charge in [-0.25, -0.2) is 0 Å². The van der Waals surface area contributed by atoms with E-state index in [2.05, 4.69) is 28.1 Å². The normalized spacial score (nSPS) is 10.4. The summed E-state index contributed by atoms with van der Waals surface area (Å²) in [5.41, 5.74) is 9.58. The van der Waals surface area contributed by atoms with E-state index in [9.17, 15) is 4.79 Å². The van der Waals surface area contributed by atoms with E-state index in [0.29, 0.717) is 24.7 Å². The first-order valence-electron chi connectivity index (χ1n) is 8.37. The van der Waals surface area contributed by atoms with Crippen molar-refractivity contribution in [3.63, 3.8) is 0 Å². The molecule has 0 fully saturated rings. The monoisotopic (exact) mass is 386 g/mol. The van der Waals surface area contributed by atoms with Crippen molar-refractivity contribution in [1.29, 1.82) is 0 Å². The Morgan fingerprint density at radius 2 is 1.96 bits per heavy atom. The number of ether oxygens (including phenoxy) is 2. The van der Waals surface area contributed by atoms with Crippen LogP contribution in [0.15, 0.2) is 53.6 Å². The second-order valence-electron chi connectivity index (χ2n) is 5.42. The maximum absolute atomic E-state index is 12.0. The zero-order valence-electron chi connectivity index (χ0n) is 15.0. The summed E-state index contributed by atoms with van der Waals surface area (Å²) < 4.78 is 11.2. The van der Waals surface area contributed by atoms with E-state index in [1.54, 1.807) is 24.4 Å². The Morgan fingerprint density at radius 1 is 1.19 bits per heavy atom. The average molecular weight is 386 g/mol. The molecule has 0 aliphatic heterocycles. The lowest BCUT2D eigenvalue weighted by atomic mass is 10.2. The van der Waals surface area contributed by atoms with Crippen LogP contribution < -0.4 is 25.9 Å². The minimum Gasteiger partial charge on any atom is -0.490 e. The van der Waals surface area contributed by atoms with Crippen LogP contribution >= 0.6 is 12.2 Å². The van der Waals surface area contributed by atoms with E-state index < -0.39 is 0 Å². The van der Waals surface area contributed by atoms with Crippen molar-refractivity contribution in [2.75, 3.05) is 13.2 Å². The SMILES string of the molecule is CCOc1cc(/C=N/NC(N)=S)ccc1OCC(=O)NCc1ccccc1. The smallest absolute Gasteiger partial charge is 0.258 e. The standard InChI is InChI=1S/C19H22N4O3S/c1-2-25-17-10-15(12-22-23-19(20)27)8-9-16(17)26-13-18(24)21-11-14-6-4-3-5-7-14/h3-10,12H,2,11,13H2,1H3,(H,21,24)(H3,20,23,27)/b22-12+. The molecule has 0 saturated carbocycles. The van der Waals surface area contributed by atoms with Gasteiger partial charge in [0.05, 0.1) is 12.8 Å². The number of amides is 1. The lowest BCUT2D eigenvalue weighted by Gasteiger charge is -2.12. The van der Waals surface area contributed by atoms with Crippen molar-refractivity contribution in [2.45, 2.75) is 13.5 Å². The molecule has 0 atom stereocenters. The number of carbonyl (C=O) groups is 1. The molecule has 2 rings (SSSR count). The number of carbonyl (C=O) groups excluding carboxylic acids is 1. The van der Waals surface area contributed by atoms with Crippen molar-refractivity contribution >= 4 is 29.5 Å². The number of benzene rings is 2. The van der Waals surface area contributed by atoms with Gasteiger partial charge in [0, 0.05) is 6.54 Å². The summed E-state index contributed by atoms with van der Waals surface area (Å²) in [7, 11) is 0. The van der Waals surface area contributed by atoms with Gasteiger partial charge in [-0.15, -0.1) is 0 Å². The van der Waals surface area contributed by atoms with Gasteiger partial charge in [-0.05, 0) is 48.5 Å². The molecule has 142 valence electrons. The van der Waals surface area contributed by atoms with Crippen LogP contribution in [0.3, 0.4) is 0 Å². The summed E-state index contributed by atoms with van der Waals surface area (Å²) >= 11 is 4.68. The maximum atomic E-state index is 12.0. The van der Waals surface area contributed by atoms with Crippen LogP contribution in [-0.2, 0) is 11.3 Å². The third-order valence-corrected chi connectivity index (χ3v) is 3.44. The molecule has 27 heavy (non-hydrogen) atoms. The summed E-state index contributed by atoms with van der Waals surface area (Å²) in [5.74, 6) is 0.784. The van der Waals surface area contributed by atoms with Crippen LogP contribution in [-0.4, -0.2) is 30.4 Å². The second-order valence-corrected chi connectivity index (χ2v) is 5.86. The number of nitrogens with two attached hydrogens (primary N) is 1. The lowest BCUT2D eigenvalue weighted by Crippen LogP contribution is -2.28. The number of hydrogen-bond acceptors (Lipinski definition) is 5. The molecular weight excluding hydrogens is 364 g/mol. The highest BCUT2D eigenvalue weighted by molar-refractivity contribution is 7.80. The molecule has 8 heteroatoms. The van der Waals surface area contributed by atoms with Gasteiger partial charge in [0.15, 0.2) is 23.2 Å². The topological polar surface area (TPSA) is 98.0 Å². The molecule has 0 radical (unpaired) electrons. The highest BCUT2D eigenvalue weighted by Gasteiger charge is 2.09. The van der Waals surface area contributed by atoms with Gasteiger partial charge in [0.2, 0.25) is 0 Å². The third kappa shape index (κ3) is 7.33. The molecule has 4 N–H and O–H groups in total. The van der Waals surface area contributed by atoms with Crippen molar-refractivity contribution in [2.24, 2.45) is 10.8 Å². The summed E-state index contributed by atoms with van der Waals surface area (Å²) in [6.45, 7) is 2.67. The Labute approximate surface area is 163 Å². The van der Waals surface area contributed by atoms with Gasteiger partial charge < -0.3 is 20.5 Å². The van der Waals surface area contributed by atoms with Crippen molar-refractivity contribution in [1.82, 2.24) is 10.7 Å². The highest BCUT2D eigenvalue weighted by atomic mass is 32.1. The second kappa shape index (κ2) is 10.8. The molecule has 7 nitrogen and oxygen atoms in total. The molecule has 2 aromatic carbocycles. The summed E-state index contributed by atoms with van der Waals surface area (Å²) in [4.78, 5) is 12.0. The predicted octanol–water partition coefficient (Wildman–Crippen LogP) is 1.95. The van der Waals surface area contributed by atoms with Crippen LogP contribution in [0.2, 0.25) is 0 Å². The summed E-state index contributed by atoms with van der Waals surface area (Å²) in [6.07, 6.45) is 1.55. The summed E-state index contributed by atoms with van der Waals surface area (Å²) in [5, 5.41) is 6.79. The van der Waals surface area contributed by atoms with E-state index in [1.165, 1.54) is 0 Å². The minimum atomic E-state index is -0.215. The van der Waals surface area contributed by atoms with E-state index in [4.69, 9.17) is 15.2 Å². The van der Waals surface area contributed by atoms with E-state index in [-0.39, 0.29) is 17.6 Å². The fraction of sp³-hybridized carbons (Fsp3) is 0.211. The number of hydrazone groups is 1. The van der Waals surface area contributed by atoms with Crippen molar-refractivity contribution < 1.29 is 14.3 Å². The fourth-order valence-corrected chi connectivity index (χ4v) is 2.21. The van der Waals surface area contributed by atoms with Gasteiger partial charge in [-0.3, -0.25) is 10.2 Å². The van der Waals surface area contributed by atoms with E-state index in [1.807, 2.05) is 37.3 Å². The number of nitrogens with one attached hydrogen (secondary N) is 2. The lowest BCUT2D eigenvalue weighted by molar-refractivity contribution is -0.123. The zero-order chi connectivity index (χ0) is 19.5. The van der Waals surface area contributed by atoms with E-state index >= 15 is 0 Å². The number of hydrogen-bond donors (Lipinski definition) is 3. The van der Waals surface area contributed by atoms with Gasteiger partial charge in [0.25, 0.3) is 5.91 Å². The molecule has 0 spiro atoms. The van der Waals surface area contributed by atoms with Crippen molar-refractivity contribution in [3.8, 4) is 11.5 Å². The zero-order valence-corrected chi connectivity index (χ0v) is 15.8. The molecule has 0 aliphatic carbocycles. The number of thiocarbonyl (C=S) groups is 1. The molecule has 0 aliphatic rings. The third-order valence-electron chi connectivity index (χ3n) is 3.35. The first-order valence-corrected chi connectivity index (χ1v) is 8.78. The number of nitrogens with zero attached hydrogens (tertiary/aromatic N) is 1. The minimum absolute atomic E-state index is 0.0813. The fourth-order valence-electron chi connectivity index (χ4n) is 2.15. The van der Waals surface area contributed by atoms with Crippen LogP contribution in [0.25, 0.3) is 0 Å². The molecule has 1 amide bonds. The first-order chi connectivity index (χ1) is 13.1. The Kier molecular flexibility index (Phi) is 8.05. The molecular formula is C19H22N4O3S. The Bertz CT molecular complexity index is 797. The van der Waals surface area contributed by atoms with Crippen LogP contribution in [0.1, 0.15) is 18.1 Å². The Morgan fingerprint density at radius 3 is 2.67 bits per heavy atom. The van der Waals surface area contributed by atoms with Gasteiger partial charge in [-0.1, -0.05) is 30.3 Å². The summed E-state index contributed by atoms with van der Waals surface area (Å²) in [6, 6.07) is 14.9. The van der Waals surface area contributed by atoms with Crippen LogP contribution in [0, 0.1) is 0 Å². The van der Waals surface area contributed by atoms with Gasteiger partial charge in [0.1, 0.15) is 0 Å². The first kappa shape index (κ1) is 20.2. The average Bonchev–Trinajstić information content (AvgIpc) is 2.66. The molecule has 0 unspecified atom stereocenters. The molecule has 0 bridgehead atoms.